The molecular formula is C12H10O3S. The maximum absolute atomic E-state index is 10.5. The smallest absolute Gasteiger partial charge is 0.153 e. The van der Waals surface area contributed by atoms with Crippen LogP contribution < -0.4 is 4.74 Å². The van der Waals surface area contributed by atoms with Crippen LogP contribution in [0.15, 0.2) is 35.0 Å². The number of carbonyl (C=O) groups is 1. The molecule has 0 atom stereocenters. The molecule has 0 aliphatic heterocycles. The molecule has 3 nitrogen and oxygen atoms in total. The summed E-state index contributed by atoms with van der Waals surface area (Å²) < 4.78 is 5.46. The van der Waals surface area contributed by atoms with Crippen molar-refractivity contribution >= 4 is 17.6 Å². The maximum Gasteiger partial charge on any atom is 0.153 e. The quantitative estimate of drug-likeness (QED) is 0.827. The lowest BCUT2D eigenvalue weighted by atomic mass is 10.2. The summed E-state index contributed by atoms with van der Waals surface area (Å²) in [6.07, 6.45) is 0.609. The third kappa shape index (κ3) is 2.41. The Morgan fingerprint density at radius 1 is 1.38 bits per heavy atom. The van der Waals surface area contributed by atoms with Gasteiger partial charge in [0.25, 0.3) is 0 Å². The van der Waals surface area contributed by atoms with Gasteiger partial charge in [-0.3, -0.25) is 4.79 Å². The molecule has 2 rings (SSSR count). The van der Waals surface area contributed by atoms with Crippen molar-refractivity contribution < 1.29 is 14.6 Å². The average Bonchev–Trinajstić information content (AvgIpc) is 2.79. The van der Waals surface area contributed by atoms with Crippen LogP contribution in [0, 0.1) is 0 Å². The first kappa shape index (κ1) is 10.7. The average molecular weight is 234 g/mol. The van der Waals surface area contributed by atoms with Gasteiger partial charge in [-0.1, -0.05) is 0 Å². The second kappa shape index (κ2) is 4.81. The summed E-state index contributed by atoms with van der Waals surface area (Å²) in [4.78, 5) is 10.5. The summed E-state index contributed by atoms with van der Waals surface area (Å²) >= 11 is 1.61. The number of aromatic hydroxyl groups is 1. The maximum atomic E-state index is 10.5. The van der Waals surface area contributed by atoms with Crippen molar-refractivity contribution in [3.05, 3.63) is 46.2 Å². The van der Waals surface area contributed by atoms with Crippen molar-refractivity contribution in [1.29, 1.82) is 0 Å². The molecule has 1 N–H and O–H groups in total. The molecule has 1 aromatic carbocycles. The third-order valence-electron chi connectivity index (χ3n) is 2.11. The first-order valence-corrected chi connectivity index (χ1v) is 5.66. The van der Waals surface area contributed by atoms with E-state index in [1.54, 1.807) is 17.4 Å². The van der Waals surface area contributed by atoms with E-state index >= 15 is 0 Å². The van der Waals surface area contributed by atoms with Gasteiger partial charge in [-0.25, -0.2) is 0 Å². The van der Waals surface area contributed by atoms with Gasteiger partial charge in [-0.05, 0) is 34.5 Å². The highest BCUT2D eigenvalue weighted by atomic mass is 32.1. The van der Waals surface area contributed by atoms with Crippen LogP contribution in [0.1, 0.15) is 15.9 Å². The van der Waals surface area contributed by atoms with Gasteiger partial charge in [0.1, 0.15) is 18.1 Å². The molecule has 1 heterocycles. The van der Waals surface area contributed by atoms with Crippen molar-refractivity contribution in [2.24, 2.45) is 0 Å². The van der Waals surface area contributed by atoms with E-state index in [9.17, 15) is 9.90 Å². The Morgan fingerprint density at radius 3 is 2.88 bits per heavy atom. The number of aldehydes is 1. The first-order chi connectivity index (χ1) is 7.79. The SMILES string of the molecule is O=Cc1ccc(OCc2ccsc2)cc1O. The molecular weight excluding hydrogens is 224 g/mol. The van der Waals surface area contributed by atoms with Gasteiger partial charge >= 0.3 is 0 Å². The molecule has 4 heteroatoms. The Morgan fingerprint density at radius 2 is 2.25 bits per heavy atom. The fraction of sp³-hybridized carbons (Fsp3) is 0.0833. The molecule has 0 saturated carbocycles. The molecule has 1 aromatic heterocycles. The number of carbonyl (C=O) groups excluding carboxylic acids is 1. The summed E-state index contributed by atoms with van der Waals surface area (Å²) in [5, 5.41) is 13.4. The van der Waals surface area contributed by atoms with Crippen molar-refractivity contribution in [3.8, 4) is 11.5 Å². The Bertz CT molecular complexity index is 477. The monoisotopic (exact) mass is 234 g/mol. The van der Waals surface area contributed by atoms with Gasteiger partial charge in [0.2, 0.25) is 0 Å². The van der Waals surface area contributed by atoms with E-state index in [1.807, 2.05) is 16.8 Å². The highest BCUT2D eigenvalue weighted by Crippen LogP contribution is 2.23. The number of benzene rings is 1. The van der Waals surface area contributed by atoms with E-state index in [0.717, 1.165) is 5.56 Å². The topological polar surface area (TPSA) is 46.5 Å². The molecule has 16 heavy (non-hydrogen) atoms. The third-order valence-corrected chi connectivity index (χ3v) is 2.85. The van der Waals surface area contributed by atoms with Crippen molar-refractivity contribution in [2.75, 3.05) is 0 Å². The molecule has 0 radical (unpaired) electrons. The number of thiophene rings is 1. The molecule has 0 aliphatic rings. The van der Waals surface area contributed by atoms with Crippen LogP contribution in [0.4, 0.5) is 0 Å². The van der Waals surface area contributed by atoms with Crippen LogP contribution in [0.5, 0.6) is 11.5 Å². The number of rotatable bonds is 4. The zero-order chi connectivity index (χ0) is 11.4. The van der Waals surface area contributed by atoms with Crippen molar-refractivity contribution in [3.63, 3.8) is 0 Å². The van der Waals surface area contributed by atoms with E-state index < -0.39 is 0 Å². The summed E-state index contributed by atoms with van der Waals surface area (Å²) in [6, 6.07) is 6.61. The predicted molar refractivity (Wildman–Crippen MR) is 62.1 cm³/mol. The van der Waals surface area contributed by atoms with Gasteiger partial charge in [0.15, 0.2) is 6.29 Å². The molecule has 0 fully saturated rings. The highest BCUT2D eigenvalue weighted by Gasteiger charge is 2.02. The van der Waals surface area contributed by atoms with Gasteiger partial charge in [0.05, 0.1) is 5.56 Å². The largest absolute Gasteiger partial charge is 0.507 e. The standard InChI is InChI=1S/C12H10O3S/c13-6-10-1-2-11(5-12(10)14)15-7-9-3-4-16-8-9/h1-6,8,14H,7H2. The van der Waals surface area contributed by atoms with Gasteiger partial charge in [-0.2, -0.15) is 11.3 Å². The summed E-state index contributed by atoms with van der Waals surface area (Å²) in [7, 11) is 0. The summed E-state index contributed by atoms with van der Waals surface area (Å²) in [5.41, 5.74) is 1.35. The zero-order valence-corrected chi connectivity index (χ0v) is 9.24. The van der Waals surface area contributed by atoms with E-state index in [-0.39, 0.29) is 11.3 Å². The molecule has 0 spiro atoms. The normalized spacial score (nSPS) is 10.0. The number of hydrogen-bond acceptors (Lipinski definition) is 4. The Kier molecular flexibility index (Phi) is 3.22. The van der Waals surface area contributed by atoms with Crippen LogP contribution in [0.3, 0.4) is 0 Å². The summed E-state index contributed by atoms with van der Waals surface area (Å²) in [5.74, 6) is 0.493. The van der Waals surface area contributed by atoms with Gasteiger partial charge < -0.3 is 9.84 Å². The van der Waals surface area contributed by atoms with E-state index in [4.69, 9.17) is 4.74 Å². The van der Waals surface area contributed by atoms with Gasteiger partial charge in [0, 0.05) is 6.07 Å². The molecule has 2 aromatic rings. The fourth-order valence-corrected chi connectivity index (χ4v) is 1.91. The number of phenolic OH excluding ortho intramolecular Hbond substituents is 1. The summed E-state index contributed by atoms with van der Waals surface area (Å²) in [6.45, 7) is 0.462. The minimum absolute atomic E-state index is 0.0576. The molecule has 0 aliphatic carbocycles. The molecule has 82 valence electrons. The Hall–Kier alpha value is -1.81. The van der Waals surface area contributed by atoms with E-state index in [1.165, 1.54) is 12.1 Å². The second-order valence-corrected chi connectivity index (χ2v) is 4.04. The number of ether oxygens (including phenoxy) is 1. The molecule has 0 bridgehead atoms. The minimum Gasteiger partial charge on any atom is -0.507 e. The van der Waals surface area contributed by atoms with Crippen LogP contribution in [0.25, 0.3) is 0 Å². The second-order valence-electron chi connectivity index (χ2n) is 3.26. The van der Waals surface area contributed by atoms with E-state index in [0.29, 0.717) is 18.6 Å². The highest BCUT2D eigenvalue weighted by molar-refractivity contribution is 7.07. The lowest BCUT2D eigenvalue weighted by Crippen LogP contribution is -1.93. The fourth-order valence-electron chi connectivity index (χ4n) is 1.25. The number of hydrogen-bond donors (Lipinski definition) is 1. The molecule has 0 unspecified atom stereocenters. The van der Waals surface area contributed by atoms with Crippen LogP contribution >= 0.6 is 11.3 Å². The molecule has 0 amide bonds. The zero-order valence-electron chi connectivity index (χ0n) is 8.42. The predicted octanol–water partition coefficient (Wildman–Crippen LogP) is 2.85. The first-order valence-electron chi connectivity index (χ1n) is 4.71. The van der Waals surface area contributed by atoms with E-state index in [2.05, 4.69) is 0 Å². The van der Waals surface area contributed by atoms with Crippen LogP contribution in [0.2, 0.25) is 0 Å². The van der Waals surface area contributed by atoms with Gasteiger partial charge in [-0.15, -0.1) is 0 Å². The molecule has 0 saturated heterocycles. The van der Waals surface area contributed by atoms with Crippen molar-refractivity contribution in [2.45, 2.75) is 6.61 Å². The van der Waals surface area contributed by atoms with Crippen molar-refractivity contribution in [1.82, 2.24) is 0 Å². The lowest BCUT2D eigenvalue weighted by Gasteiger charge is -2.05. The lowest BCUT2D eigenvalue weighted by molar-refractivity contribution is 0.112. The minimum atomic E-state index is -0.0576. The Balaban J connectivity index is 2.05. The van der Waals surface area contributed by atoms with Crippen LogP contribution in [-0.4, -0.2) is 11.4 Å². The number of phenols is 1. The van der Waals surface area contributed by atoms with Crippen LogP contribution in [-0.2, 0) is 6.61 Å². The Labute approximate surface area is 96.9 Å².